The van der Waals surface area contributed by atoms with Crippen LogP contribution in [0.1, 0.15) is 50.3 Å². The Labute approximate surface area is 253 Å². The summed E-state index contributed by atoms with van der Waals surface area (Å²) in [7, 11) is -4.14. The quantitative estimate of drug-likeness (QED) is 0.250. The van der Waals surface area contributed by atoms with Crippen LogP contribution in [-0.2, 0) is 26.2 Å². The smallest absolute Gasteiger partial charge is 0.264 e. The number of hydrogen-bond donors (Lipinski definition) is 1. The van der Waals surface area contributed by atoms with Crippen LogP contribution in [0.15, 0.2) is 71.6 Å². The van der Waals surface area contributed by atoms with E-state index in [9.17, 15) is 18.0 Å². The van der Waals surface area contributed by atoms with E-state index in [-0.39, 0.29) is 23.4 Å². The first kappa shape index (κ1) is 32.4. The van der Waals surface area contributed by atoms with Crippen molar-refractivity contribution < 1.29 is 18.0 Å². The number of carbonyl (C=O) groups excluding carboxylic acids is 2. The third-order valence-electron chi connectivity index (χ3n) is 7.00. The lowest BCUT2D eigenvalue weighted by molar-refractivity contribution is -0.140. The SMILES string of the molecule is CC[C@@H](C)NC(=O)[C@H](CC)N(Cc1ccc(Cl)c(Cl)c1)C(=O)CN(c1ccccc1C)S(=O)(=O)c1ccc(C)cc1. The molecule has 41 heavy (non-hydrogen) atoms. The molecule has 220 valence electrons. The number of halogens is 2. The Hall–Kier alpha value is -3.07. The van der Waals surface area contributed by atoms with Crippen molar-refractivity contribution in [2.45, 2.75) is 71.0 Å². The summed E-state index contributed by atoms with van der Waals surface area (Å²) < 4.78 is 29.1. The minimum Gasteiger partial charge on any atom is -0.352 e. The molecular weight excluding hydrogens is 581 g/mol. The number of benzene rings is 3. The van der Waals surface area contributed by atoms with Crippen LogP contribution in [0.3, 0.4) is 0 Å². The van der Waals surface area contributed by atoms with Gasteiger partial charge in [0.2, 0.25) is 11.8 Å². The van der Waals surface area contributed by atoms with Crippen molar-refractivity contribution in [3.63, 3.8) is 0 Å². The maximum atomic E-state index is 14.2. The monoisotopic (exact) mass is 617 g/mol. The van der Waals surface area contributed by atoms with E-state index in [0.29, 0.717) is 33.3 Å². The fourth-order valence-electron chi connectivity index (χ4n) is 4.39. The second-order valence-corrected chi connectivity index (χ2v) is 12.8. The number of nitrogens with zero attached hydrogens (tertiary/aromatic N) is 2. The van der Waals surface area contributed by atoms with E-state index < -0.39 is 28.5 Å². The first-order valence-electron chi connectivity index (χ1n) is 13.6. The fourth-order valence-corrected chi connectivity index (χ4v) is 6.19. The summed E-state index contributed by atoms with van der Waals surface area (Å²) in [4.78, 5) is 29.0. The number of rotatable bonds is 12. The van der Waals surface area contributed by atoms with Crippen molar-refractivity contribution in [2.75, 3.05) is 10.8 Å². The zero-order valence-electron chi connectivity index (χ0n) is 24.0. The van der Waals surface area contributed by atoms with Gasteiger partial charge in [-0.25, -0.2) is 8.42 Å². The van der Waals surface area contributed by atoms with Gasteiger partial charge in [0.25, 0.3) is 10.0 Å². The van der Waals surface area contributed by atoms with Crippen LogP contribution in [0, 0.1) is 13.8 Å². The molecule has 0 fully saturated rings. The maximum Gasteiger partial charge on any atom is 0.264 e. The Morgan fingerprint density at radius 2 is 1.56 bits per heavy atom. The molecule has 0 saturated carbocycles. The number of anilines is 1. The van der Waals surface area contributed by atoms with Crippen molar-refractivity contribution in [1.29, 1.82) is 0 Å². The molecule has 0 radical (unpaired) electrons. The van der Waals surface area contributed by atoms with Crippen molar-refractivity contribution in [2.24, 2.45) is 0 Å². The Morgan fingerprint density at radius 1 is 0.902 bits per heavy atom. The zero-order valence-corrected chi connectivity index (χ0v) is 26.4. The normalized spacial score (nSPS) is 12.9. The van der Waals surface area contributed by atoms with Crippen molar-refractivity contribution in [1.82, 2.24) is 10.2 Å². The zero-order chi connectivity index (χ0) is 30.3. The number of nitrogens with one attached hydrogen (secondary N) is 1. The minimum absolute atomic E-state index is 0.0361. The van der Waals surface area contributed by atoms with Crippen LogP contribution >= 0.6 is 23.2 Å². The number of para-hydroxylation sites is 1. The molecule has 0 saturated heterocycles. The third-order valence-corrected chi connectivity index (χ3v) is 9.51. The summed E-state index contributed by atoms with van der Waals surface area (Å²) in [6, 6.07) is 17.6. The third kappa shape index (κ3) is 8.03. The number of aryl methyl sites for hydroxylation is 2. The largest absolute Gasteiger partial charge is 0.352 e. The van der Waals surface area contributed by atoms with Crippen LogP contribution in [-0.4, -0.2) is 43.8 Å². The summed E-state index contributed by atoms with van der Waals surface area (Å²) in [6.45, 7) is 8.86. The first-order valence-corrected chi connectivity index (χ1v) is 15.8. The van der Waals surface area contributed by atoms with Crippen LogP contribution in [0.4, 0.5) is 5.69 Å². The molecule has 10 heteroatoms. The molecule has 0 aliphatic rings. The van der Waals surface area contributed by atoms with E-state index in [0.717, 1.165) is 16.3 Å². The summed E-state index contributed by atoms with van der Waals surface area (Å²) in [5.41, 5.74) is 2.64. The van der Waals surface area contributed by atoms with E-state index in [1.165, 1.54) is 17.0 Å². The summed E-state index contributed by atoms with van der Waals surface area (Å²) in [5, 5.41) is 3.65. The Bertz CT molecular complexity index is 1480. The number of carbonyl (C=O) groups is 2. The van der Waals surface area contributed by atoms with Gasteiger partial charge in [0.15, 0.2) is 0 Å². The predicted octanol–water partition coefficient (Wildman–Crippen LogP) is 6.53. The van der Waals surface area contributed by atoms with Gasteiger partial charge < -0.3 is 10.2 Å². The van der Waals surface area contributed by atoms with E-state index in [4.69, 9.17) is 23.2 Å². The average molecular weight is 619 g/mol. The standard InChI is InChI=1S/C31H37Cl2N3O4S/c1-6-23(5)34-31(38)28(7-2)35(19-24-14-17-26(32)27(33)18-24)30(37)20-36(29-11-9-8-10-22(29)4)41(39,40)25-15-12-21(3)13-16-25/h8-18,23,28H,6-7,19-20H2,1-5H3,(H,34,38)/t23-,28+/m1/s1. The number of amides is 2. The van der Waals surface area contributed by atoms with Gasteiger partial charge in [-0.2, -0.15) is 0 Å². The molecule has 0 unspecified atom stereocenters. The molecule has 0 spiro atoms. The molecule has 3 aromatic carbocycles. The van der Waals surface area contributed by atoms with Gasteiger partial charge in [0, 0.05) is 12.6 Å². The Kier molecular flexibility index (Phi) is 11.2. The molecule has 7 nitrogen and oxygen atoms in total. The highest BCUT2D eigenvalue weighted by Gasteiger charge is 2.34. The minimum atomic E-state index is -4.14. The van der Waals surface area contributed by atoms with Crippen LogP contribution in [0.2, 0.25) is 10.0 Å². The summed E-state index contributed by atoms with van der Waals surface area (Å²) in [6.07, 6.45) is 1.04. The van der Waals surface area contributed by atoms with Crippen molar-refractivity contribution in [3.8, 4) is 0 Å². The molecule has 1 N–H and O–H groups in total. The van der Waals surface area contributed by atoms with Gasteiger partial charge in [0.1, 0.15) is 12.6 Å². The van der Waals surface area contributed by atoms with Crippen molar-refractivity contribution in [3.05, 3.63) is 93.5 Å². The van der Waals surface area contributed by atoms with Gasteiger partial charge in [-0.1, -0.05) is 79.0 Å². The van der Waals surface area contributed by atoms with Gasteiger partial charge >= 0.3 is 0 Å². The van der Waals surface area contributed by atoms with Gasteiger partial charge in [0.05, 0.1) is 20.6 Å². The topological polar surface area (TPSA) is 86.8 Å². The molecule has 0 aliphatic carbocycles. The van der Waals surface area contributed by atoms with E-state index in [1.807, 2.05) is 27.7 Å². The highest BCUT2D eigenvalue weighted by Crippen LogP contribution is 2.28. The van der Waals surface area contributed by atoms with Crippen molar-refractivity contribution >= 4 is 50.7 Å². The first-order chi connectivity index (χ1) is 19.4. The van der Waals surface area contributed by atoms with Gasteiger partial charge in [-0.15, -0.1) is 0 Å². The number of sulfonamides is 1. The lowest BCUT2D eigenvalue weighted by Crippen LogP contribution is -2.53. The van der Waals surface area contributed by atoms with Gasteiger partial charge in [-0.05, 0) is 75.1 Å². The van der Waals surface area contributed by atoms with Crippen LogP contribution in [0.25, 0.3) is 0 Å². The fraction of sp³-hybridized carbons (Fsp3) is 0.355. The summed E-state index contributed by atoms with van der Waals surface area (Å²) >= 11 is 12.4. The predicted molar refractivity (Wildman–Crippen MR) is 166 cm³/mol. The lowest BCUT2D eigenvalue weighted by atomic mass is 10.1. The molecule has 2 amide bonds. The highest BCUT2D eigenvalue weighted by atomic mass is 35.5. The highest BCUT2D eigenvalue weighted by molar-refractivity contribution is 7.92. The molecular formula is C31H37Cl2N3O4S. The Morgan fingerprint density at radius 3 is 2.15 bits per heavy atom. The second-order valence-electron chi connectivity index (χ2n) is 10.1. The lowest BCUT2D eigenvalue weighted by Gasteiger charge is -2.34. The molecule has 0 bridgehead atoms. The maximum absolute atomic E-state index is 14.2. The van der Waals surface area contributed by atoms with Gasteiger partial charge in [-0.3, -0.25) is 13.9 Å². The summed E-state index contributed by atoms with van der Waals surface area (Å²) in [5.74, 6) is -0.833. The molecule has 2 atom stereocenters. The van der Waals surface area contributed by atoms with E-state index in [2.05, 4.69) is 5.32 Å². The Balaban J connectivity index is 2.09. The molecule has 0 aromatic heterocycles. The molecule has 3 rings (SSSR count). The second kappa shape index (κ2) is 14.2. The molecule has 3 aromatic rings. The number of hydrogen-bond acceptors (Lipinski definition) is 4. The van der Waals surface area contributed by atoms with E-state index >= 15 is 0 Å². The van der Waals surface area contributed by atoms with Crippen LogP contribution < -0.4 is 9.62 Å². The van der Waals surface area contributed by atoms with E-state index in [1.54, 1.807) is 61.5 Å². The van der Waals surface area contributed by atoms with Crippen LogP contribution in [0.5, 0.6) is 0 Å². The molecule has 0 heterocycles. The molecule has 0 aliphatic heterocycles. The average Bonchev–Trinajstić information content (AvgIpc) is 2.94.